The van der Waals surface area contributed by atoms with E-state index < -0.39 is 10.2 Å². The summed E-state index contributed by atoms with van der Waals surface area (Å²) in [4.78, 5) is 0. The van der Waals surface area contributed by atoms with Crippen LogP contribution in [0.2, 0.25) is 0 Å². The highest BCUT2D eigenvalue weighted by molar-refractivity contribution is 7.87. The van der Waals surface area contributed by atoms with Gasteiger partial charge < -0.3 is 0 Å². The molecule has 0 aromatic carbocycles. The quantitative estimate of drug-likeness (QED) is 0.434. The van der Waals surface area contributed by atoms with Crippen molar-refractivity contribution in [2.45, 2.75) is 12.8 Å². The fraction of sp³-hybridized carbons (Fsp3) is 0.600. The van der Waals surface area contributed by atoms with Crippen LogP contribution in [0.15, 0.2) is 12.7 Å². The predicted octanol–water partition coefficient (Wildman–Crippen LogP) is -0.254. The van der Waals surface area contributed by atoms with E-state index >= 15 is 0 Å². The predicted molar refractivity (Wildman–Crippen MR) is 40.5 cm³/mol. The average Bonchev–Trinajstić information content (AvgIpc) is 1.78. The van der Waals surface area contributed by atoms with Crippen LogP contribution in [0.25, 0.3) is 0 Å². The van der Waals surface area contributed by atoms with Crippen LogP contribution in [0.3, 0.4) is 0 Å². The molecule has 0 aromatic rings. The molecule has 0 fully saturated rings. The van der Waals surface area contributed by atoms with Gasteiger partial charge >= 0.3 is 0 Å². The largest absolute Gasteiger partial charge is 0.274 e. The lowest BCUT2D eigenvalue weighted by Gasteiger charge is -1.97. The summed E-state index contributed by atoms with van der Waals surface area (Å²) in [7, 11) is -3.49. The van der Waals surface area contributed by atoms with E-state index in [-0.39, 0.29) is 0 Å². The van der Waals surface area contributed by atoms with Gasteiger partial charge in [-0.3, -0.25) is 0 Å². The Morgan fingerprint density at radius 1 is 1.60 bits per heavy atom. The molecule has 10 heavy (non-hydrogen) atoms. The minimum absolute atomic E-state index is 0.380. The molecule has 0 radical (unpaired) electrons. The number of hydrogen-bond donors (Lipinski definition) is 2. The summed E-state index contributed by atoms with van der Waals surface area (Å²) in [5, 5.41) is 4.65. The lowest BCUT2D eigenvalue weighted by atomic mass is 10.3. The zero-order valence-corrected chi connectivity index (χ0v) is 6.52. The molecule has 0 bridgehead atoms. The van der Waals surface area contributed by atoms with E-state index in [0.717, 1.165) is 12.8 Å². The van der Waals surface area contributed by atoms with Crippen molar-refractivity contribution in [3.8, 4) is 0 Å². The second-order valence-corrected chi connectivity index (χ2v) is 3.25. The summed E-state index contributed by atoms with van der Waals surface area (Å²) in [6, 6.07) is 0. The van der Waals surface area contributed by atoms with Crippen LogP contribution in [0.5, 0.6) is 0 Å². The molecule has 0 heterocycles. The maximum Gasteiger partial charge on any atom is 0.274 e. The van der Waals surface area contributed by atoms with Gasteiger partial charge in [0.2, 0.25) is 0 Å². The van der Waals surface area contributed by atoms with E-state index in [0.29, 0.717) is 6.54 Å². The molecule has 0 saturated carbocycles. The maximum absolute atomic E-state index is 10.2. The Kier molecular flexibility index (Phi) is 4.26. The van der Waals surface area contributed by atoms with Crippen molar-refractivity contribution in [3.05, 3.63) is 12.7 Å². The van der Waals surface area contributed by atoms with Crippen molar-refractivity contribution in [1.82, 2.24) is 4.72 Å². The van der Waals surface area contributed by atoms with Crippen molar-refractivity contribution in [1.29, 1.82) is 0 Å². The molecule has 0 amide bonds. The summed E-state index contributed by atoms with van der Waals surface area (Å²) < 4.78 is 22.6. The zero-order chi connectivity index (χ0) is 8.04. The third-order valence-corrected chi connectivity index (χ3v) is 1.49. The summed E-state index contributed by atoms with van der Waals surface area (Å²) in [6.45, 7) is 3.87. The second kappa shape index (κ2) is 4.43. The molecule has 60 valence electrons. The Bertz CT molecular complexity index is 186. The average molecular weight is 164 g/mol. The number of allylic oxidation sites excluding steroid dienone is 1. The summed E-state index contributed by atoms with van der Waals surface area (Å²) in [6.07, 6.45) is 3.26. The molecule has 0 aromatic heterocycles. The van der Waals surface area contributed by atoms with E-state index in [4.69, 9.17) is 0 Å². The first-order valence-corrected chi connectivity index (χ1v) is 4.49. The lowest BCUT2D eigenvalue weighted by Crippen LogP contribution is -2.31. The van der Waals surface area contributed by atoms with Crippen molar-refractivity contribution in [3.63, 3.8) is 0 Å². The van der Waals surface area contributed by atoms with Crippen LogP contribution >= 0.6 is 0 Å². The van der Waals surface area contributed by atoms with Gasteiger partial charge in [-0.25, -0.2) is 9.86 Å². The standard InChI is InChI=1S/C5H12N2O2S/c1-2-3-4-5-7-10(6,8)9/h2,7H,1,3-5H2,(H2,6,8,9). The number of nitrogens with one attached hydrogen (secondary N) is 1. The van der Waals surface area contributed by atoms with Crippen molar-refractivity contribution in [2.75, 3.05) is 6.54 Å². The first-order valence-electron chi connectivity index (χ1n) is 2.94. The van der Waals surface area contributed by atoms with Gasteiger partial charge in [0, 0.05) is 6.54 Å². The van der Waals surface area contributed by atoms with Crippen LogP contribution in [-0.2, 0) is 10.2 Å². The Morgan fingerprint density at radius 3 is 2.60 bits per heavy atom. The van der Waals surface area contributed by atoms with Gasteiger partial charge in [0.1, 0.15) is 0 Å². The van der Waals surface area contributed by atoms with Crippen LogP contribution in [0, 0.1) is 0 Å². The Hall–Kier alpha value is -0.390. The minimum atomic E-state index is -3.49. The molecular weight excluding hydrogens is 152 g/mol. The lowest BCUT2D eigenvalue weighted by molar-refractivity contribution is 0.581. The van der Waals surface area contributed by atoms with Crippen molar-refractivity contribution < 1.29 is 8.42 Å². The van der Waals surface area contributed by atoms with Crippen molar-refractivity contribution >= 4 is 10.2 Å². The summed E-state index contributed by atoms with van der Waals surface area (Å²) >= 11 is 0. The fourth-order valence-corrected chi connectivity index (χ4v) is 0.890. The van der Waals surface area contributed by atoms with Gasteiger partial charge in [0.25, 0.3) is 10.2 Å². The highest BCUT2D eigenvalue weighted by Crippen LogP contribution is 1.85. The number of nitrogens with two attached hydrogens (primary N) is 1. The molecule has 0 rings (SSSR count). The van der Waals surface area contributed by atoms with Gasteiger partial charge in [-0.15, -0.1) is 6.58 Å². The normalized spacial score (nSPS) is 11.3. The van der Waals surface area contributed by atoms with E-state index in [1.807, 2.05) is 0 Å². The van der Waals surface area contributed by atoms with E-state index in [2.05, 4.69) is 16.4 Å². The second-order valence-electron chi connectivity index (χ2n) is 1.87. The highest BCUT2D eigenvalue weighted by Gasteiger charge is 1.96. The molecule has 0 unspecified atom stereocenters. The van der Waals surface area contributed by atoms with Gasteiger partial charge in [0.15, 0.2) is 0 Å². The van der Waals surface area contributed by atoms with Gasteiger partial charge in [-0.2, -0.15) is 8.42 Å². The molecule has 0 saturated heterocycles. The fourth-order valence-electron chi connectivity index (χ4n) is 0.461. The molecule has 4 nitrogen and oxygen atoms in total. The monoisotopic (exact) mass is 164 g/mol. The summed E-state index contributed by atoms with van der Waals surface area (Å²) in [5.74, 6) is 0. The molecule has 0 aliphatic rings. The van der Waals surface area contributed by atoms with Crippen LogP contribution in [-0.4, -0.2) is 15.0 Å². The van der Waals surface area contributed by atoms with Crippen LogP contribution < -0.4 is 9.86 Å². The van der Waals surface area contributed by atoms with E-state index in [1.54, 1.807) is 6.08 Å². The minimum Gasteiger partial charge on any atom is -0.216 e. The van der Waals surface area contributed by atoms with Crippen molar-refractivity contribution in [2.24, 2.45) is 5.14 Å². The maximum atomic E-state index is 10.2. The summed E-state index contributed by atoms with van der Waals surface area (Å²) in [5.41, 5.74) is 0. The Morgan fingerprint density at radius 2 is 2.20 bits per heavy atom. The highest BCUT2D eigenvalue weighted by atomic mass is 32.2. The molecule has 5 heteroatoms. The van der Waals surface area contributed by atoms with Crippen LogP contribution in [0.1, 0.15) is 12.8 Å². The first-order chi connectivity index (χ1) is 4.56. The topological polar surface area (TPSA) is 72.2 Å². The SMILES string of the molecule is C=CCCCNS(N)(=O)=O. The third-order valence-electron chi connectivity index (χ3n) is 0.888. The number of rotatable bonds is 5. The number of hydrogen-bond acceptors (Lipinski definition) is 2. The van der Waals surface area contributed by atoms with Gasteiger partial charge in [-0.1, -0.05) is 6.08 Å². The Labute approximate surface area is 61.3 Å². The molecule has 3 N–H and O–H groups in total. The smallest absolute Gasteiger partial charge is 0.216 e. The molecule has 0 aliphatic carbocycles. The third kappa shape index (κ3) is 7.61. The van der Waals surface area contributed by atoms with Crippen LogP contribution in [0.4, 0.5) is 0 Å². The van der Waals surface area contributed by atoms with Gasteiger partial charge in [-0.05, 0) is 12.8 Å². The molecule has 0 spiro atoms. The number of unbranched alkanes of at least 4 members (excludes halogenated alkanes) is 1. The molecule has 0 atom stereocenters. The molecule has 0 aliphatic heterocycles. The van der Waals surface area contributed by atoms with E-state index in [1.165, 1.54) is 0 Å². The van der Waals surface area contributed by atoms with Gasteiger partial charge in [0.05, 0.1) is 0 Å². The zero-order valence-electron chi connectivity index (χ0n) is 5.71. The van der Waals surface area contributed by atoms with E-state index in [9.17, 15) is 8.42 Å². The first kappa shape index (κ1) is 9.61. The molecular formula is C5H12N2O2S. The Balaban J connectivity index is 3.29.